The summed E-state index contributed by atoms with van der Waals surface area (Å²) >= 11 is 0. The van der Waals surface area contributed by atoms with Gasteiger partial charge in [-0.15, -0.1) is 0 Å². The zero-order valence-corrected chi connectivity index (χ0v) is 13.2. The van der Waals surface area contributed by atoms with Crippen LogP contribution in [0.4, 0.5) is 4.79 Å². The molecule has 0 saturated heterocycles. The molecule has 0 atom stereocenters. The van der Waals surface area contributed by atoms with Gasteiger partial charge < -0.3 is 14.4 Å². The number of amides is 1. The maximum atomic E-state index is 12.6. The Balaban J connectivity index is 1.91. The van der Waals surface area contributed by atoms with Crippen LogP contribution in [0.15, 0.2) is 18.3 Å². The van der Waals surface area contributed by atoms with E-state index >= 15 is 0 Å². The largest absolute Gasteiger partial charge is 0.481 e. The molecule has 1 fully saturated rings. The third-order valence-electron chi connectivity index (χ3n) is 4.52. The summed E-state index contributed by atoms with van der Waals surface area (Å²) in [4.78, 5) is 25.5. The Labute approximate surface area is 129 Å². The molecule has 6 heteroatoms. The Hall–Kier alpha value is -1.98. The zero-order valence-electron chi connectivity index (χ0n) is 13.2. The average molecular weight is 306 g/mol. The predicted molar refractivity (Wildman–Crippen MR) is 79.4 cm³/mol. The standard InChI is InChI=1S/C16H22N2O4/c1-15(2,3)22-14(21)18-8-7-17-6-4-5-12(17)16(18)9-11(10-16)13(19)20/h4-6,11H,7-10H2,1-3H3,(H,19,20). The summed E-state index contributed by atoms with van der Waals surface area (Å²) in [5.41, 5.74) is -0.0806. The van der Waals surface area contributed by atoms with Crippen LogP contribution >= 0.6 is 0 Å². The molecular formula is C16H22N2O4. The summed E-state index contributed by atoms with van der Waals surface area (Å²) < 4.78 is 7.64. The molecule has 2 aliphatic rings. The van der Waals surface area contributed by atoms with Crippen LogP contribution in [0.1, 0.15) is 39.3 Å². The number of fused-ring (bicyclic) bond motifs is 2. The van der Waals surface area contributed by atoms with Gasteiger partial charge in [0.15, 0.2) is 0 Å². The minimum atomic E-state index is -0.793. The highest BCUT2D eigenvalue weighted by atomic mass is 16.6. The smallest absolute Gasteiger partial charge is 0.411 e. The normalized spacial score (nSPS) is 27.2. The van der Waals surface area contributed by atoms with Gasteiger partial charge in [-0.1, -0.05) is 0 Å². The van der Waals surface area contributed by atoms with Gasteiger partial charge in [0.2, 0.25) is 0 Å². The Morgan fingerprint density at radius 1 is 1.32 bits per heavy atom. The molecule has 1 amide bonds. The molecule has 1 aliphatic carbocycles. The number of hydrogen-bond acceptors (Lipinski definition) is 3. The van der Waals surface area contributed by atoms with Crippen molar-refractivity contribution in [1.82, 2.24) is 9.47 Å². The summed E-state index contributed by atoms with van der Waals surface area (Å²) in [7, 11) is 0. The third kappa shape index (κ3) is 2.26. The van der Waals surface area contributed by atoms with Crippen LogP contribution in [-0.4, -0.2) is 38.8 Å². The molecule has 1 N–H and O–H groups in total. The number of ether oxygens (including phenoxy) is 1. The molecular weight excluding hydrogens is 284 g/mol. The van der Waals surface area contributed by atoms with Crippen LogP contribution in [0.3, 0.4) is 0 Å². The van der Waals surface area contributed by atoms with E-state index in [1.807, 2.05) is 39.1 Å². The van der Waals surface area contributed by atoms with Crippen molar-refractivity contribution in [2.45, 2.75) is 51.3 Å². The van der Waals surface area contributed by atoms with Crippen molar-refractivity contribution in [2.75, 3.05) is 6.54 Å². The van der Waals surface area contributed by atoms with Gasteiger partial charge >= 0.3 is 12.1 Å². The Morgan fingerprint density at radius 2 is 2.00 bits per heavy atom. The fourth-order valence-corrected chi connectivity index (χ4v) is 3.53. The first-order valence-electron chi connectivity index (χ1n) is 7.62. The lowest BCUT2D eigenvalue weighted by Crippen LogP contribution is -2.62. The molecule has 1 saturated carbocycles. The van der Waals surface area contributed by atoms with Crippen molar-refractivity contribution < 1.29 is 19.4 Å². The highest BCUT2D eigenvalue weighted by Crippen LogP contribution is 2.52. The molecule has 3 rings (SSSR count). The number of carboxylic acids is 1. The first-order valence-corrected chi connectivity index (χ1v) is 7.62. The highest BCUT2D eigenvalue weighted by molar-refractivity contribution is 5.75. The lowest BCUT2D eigenvalue weighted by atomic mass is 9.64. The molecule has 22 heavy (non-hydrogen) atoms. The number of aromatic nitrogens is 1. The van der Waals surface area contributed by atoms with E-state index in [1.165, 1.54) is 0 Å². The van der Waals surface area contributed by atoms with Gasteiger partial charge in [0.25, 0.3) is 0 Å². The van der Waals surface area contributed by atoms with E-state index in [4.69, 9.17) is 4.74 Å². The first-order chi connectivity index (χ1) is 10.2. The van der Waals surface area contributed by atoms with Crippen LogP contribution in [0.5, 0.6) is 0 Å². The molecule has 120 valence electrons. The van der Waals surface area contributed by atoms with Crippen molar-refractivity contribution in [3.05, 3.63) is 24.0 Å². The number of hydrogen-bond donors (Lipinski definition) is 1. The van der Waals surface area contributed by atoms with Crippen LogP contribution in [0, 0.1) is 5.92 Å². The maximum Gasteiger partial charge on any atom is 0.411 e. The number of rotatable bonds is 1. The van der Waals surface area contributed by atoms with Gasteiger partial charge in [-0.25, -0.2) is 4.79 Å². The first kappa shape index (κ1) is 14.9. The van der Waals surface area contributed by atoms with E-state index in [2.05, 4.69) is 4.57 Å². The second-order valence-electron chi connectivity index (χ2n) is 7.19. The van der Waals surface area contributed by atoms with Crippen LogP contribution in [0.2, 0.25) is 0 Å². The molecule has 2 heterocycles. The summed E-state index contributed by atoms with van der Waals surface area (Å²) in [6.07, 6.45) is 2.53. The van der Waals surface area contributed by atoms with E-state index in [0.29, 0.717) is 25.9 Å². The molecule has 1 aromatic heterocycles. The lowest BCUT2D eigenvalue weighted by molar-refractivity contribution is -0.154. The molecule has 0 aromatic carbocycles. The van der Waals surface area contributed by atoms with E-state index in [-0.39, 0.29) is 6.09 Å². The topological polar surface area (TPSA) is 71.8 Å². The molecule has 0 unspecified atom stereocenters. The summed E-state index contributed by atoms with van der Waals surface area (Å²) in [5, 5.41) is 9.22. The Kier molecular flexibility index (Phi) is 3.23. The second-order valence-corrected chi connectivity index (χ2v) is 7.19. The summed E-state index contributed by atoms with van der Waals surface area (Å²) in [6, 6.07) is 3.93. The van der Waals surface area contributed by atoms with Crippen molar-refractivity contribution in [3.63, 3.8) is 0 Å². The number of nitrogens with zero attached hydrogens (tertiary/aromatic N) is 2. The van der Waals surface area contributed by atoms with Crippen molar-refractivity contribution in [1.29, 1.82) is 0 Å². The van der Waals surface area contributed by atoms with Gasteiger partial charge in [0.05, 0.1) is 11.5 Å². The molecule has 1 aliphatic heterocycles. The highest BCUT2D eigenvalue weighted by Gasteiger charge is 2.57. The van der Waals surface area contributed by atoms with E-state index < -0.39 is 23.0 Å². The van der Waals surface area contributed by atoms with Crippen molar-refractivity contribution in [2.24, 2.45) is 5.92 Å². The van der Waals surface area contributed by atoms with Crippen molar-refractivity contribution in [3.8, 4) is 0 Å². The second kappa shape index (κ2) is 4.76. The fraction of sp³-hybridized carbons (Fsp3) is 0.625. The lowest BCUT2D eigenvalue weighted by Gasteiger charge is -2.55. The van der Waals surface area contributed by atoms with Gasteiger partial charge in [-0.05, 0) is 45.7 Å². The third-order valence-corrected chi connectivity index (χ3v) is 4.52. The number of carbonyl (C=O) groups excluding carboxylic acids is 1. The number of aliphatic carboxylic acids is 1. The average Bonchev–Trinajstić information content (AvgIpc) is 2.80. The van der Waals surface area contributed by atoms with E-state index in [9.17, 15) is 14.7 Å². The van der Waals surface area contributed by atoms with Gasteiger partial charge in [-0.3, -0.25) is 9.69 Å². The maximum absolute atomic E-state index is 12.6. The van der Waals surface area contributed by atoms with Crippen LogP contribution in [0.25, 0.3) is 0 Å². The minimum Gasteiger partial charge on any atom is -0.481 e. The monoisotopic (exact) mass is 306 g/mol. The minimum absolute atomic E-state index is 0.358. The SMILES string of the molecule is CC(C)(C)OC(=O)N1CCn2cccc2C12CC(C(=O)O)C2. The summed E-state index contributed by atoms with van der Waals surface area (Å²) in [5.74, 6) is -1.19. The Bertz CT molecular complexity index is 608. The van der Waals surface area contributed by atoms with Gasteiger partial charge in [0, 0.05) is 25.0 Å². The molecule has 1 aromatic rings. The Morgan fingerprint density at radius 3 is 2.59 bits per heavy atom. The fourth-order valence-electron chi connectivity index (χ4n) is 3.53. The van der Waals surface area contributed by atoms with Gasteiger partial charge in [-0.2, -0.15) is 0 Å². The molecule has 0 bridgehead atoms. The van der Waals surface area contributed by atoms with Crippen molar-refractivity contribution >= 4 is 12.1 Å². The van der Waals surface area contributed by atoms with E-state index in [1.54, 1.807) is 4.90 Å². The number of carbonyl (C=O) groups is 2. The van der Waals surface area contributed by atoms with Crippen LogP contribution in [-0.2, 0) is 21.6 Å². The number of carboxylic acid groups (broad SMARTS) is 1. The summed E-state index contributed by atoms with van der Waals surface area (Å²) in [6.45, 7) is 6.77. The van der Waals surface area contributed by atoms with Gasteiger partial charge in [0.1, 0.15) is 5.60 Å². The molecule has 6 nitrogen and oxygen atoms in total. The quantitative estimate of drug-likeness (QED) is 0.865. The van der Waals surface area contributed by atoms with E-state index in [0.717, 1.165) is 5.69 Å². The van der Waals surface area contributed by atoms with Crippen LogP contribution < -0.4 is 0 Å². The predicted octanol–water partition coefficient (Wildman–Crippen LogP) is 2.43. The molecule has 1 spiro atoms. The zero-order chi connectivity index (χ0) is 16.1. The molecule has 0 radical (unpaired) electrons.